The number of halogens is 1. The second-order valence-electron chi connectivity index (χ2n) is 8.36. The zero-order valence-corrected chi connectivity index (χ0v) is 24.8. The van der Waals surface area contributed by atoms with Crippen LogP contribution >= 0.6 is 62.3 Å². The topological polar surface area (TPSA) is 83.3 Å². The molecule has 0 aliphatic rings. The van der Waals surface area contributed by atoms with Crippen LogP contribution in [0.25, 0.3) is 19.8 Å². The summed E-state index contributed by atoms with van der Waals surface area (Å²) in [4.78, 5) is 3.42. The summed E-state index contributed by atoms with van der Waals surface area (Å²) in [5.41, 5.74) is 0. The molecule has 6 nitrogen and oxygen atoms in total. The molecule has 0 bridgehead atoms. The lowest BCUT2D eigenvalue weighted by atomic mass is 10.1. The van der Waals surface area contributed by atoms with Gasteiger partial charge in [0.25, 0.3) is 0 Å². The summed E-state index contributed by atoms with van der Waals surface area (Å²) in [5, 5.41) is 31.5. The molecule has 0 atom stereocenters. The van der Waals surface area contributed by atoms with Gasteiger partial charge in [0.2, 0.25) is 9.60 Å². The molecule has 4 rings (SSSR count). The molecule has 0 saturated heterocycles. The molecule has 0 aromatic carbocycles. The number of aromatic nitrogens is 4. The number of thiophene rings is 2. The van der Waals surface area contributed by atoms with Crippen molar-refractivity contribution in [1.29, 1.82) is 10.8 Å². The van der Waals surface area contributed by atoms with Gasteiger partial charge in [-0.1, -0.05) is 86.2 Å². The van der Waals surface area contributed by atoms with Crippen LogP contribution in [0, 0.1) is 10.8 Å². The van der Waals surface area contributed by atoms with Gasteiger partial charge in [0.1, 0.15) is 0 Å². The fourth-order valence-electron chi connectivity index (χ4n) is 3.88. The van der Waals surface area contributed by atoms with Gasteiger partial charge in [-0.3, -0.25) is 10.8 Å². The maximum atomic E-state index is 8.14. The Kier molecular flexibility index (Phi) is 12.1. The third-order valence-corrected chi connectivity index (χ3v) is 9.54. The fourth-order valence-corrected chi connectivity index (χ4v) is 7.08. The molecule has 0 unspecified atom stereocenters. The van der Waals surface area contributed by atoms with Gasteiger partial charge in [0.05, 0.1) is 9.75 Å². The van der Waals surface area contributed by atoms with Crippen LogP contribution in [0.1, 0.15) is 64.2 Å². The summed E-state index contributed by atoms with van der Waals surface area (Å²) in [7, 11) is 0. The third kappa shape index (κ3) is 8.59. The molecule has 11 heteroatoms. The number of hydrogen-bond donors (Lipinski definition) is 2. The highest BCUT2D eigenvalue weighted by molar-refractivity contribution is 8.93. The quantitative estimate of drug-likeness (QED) is 0.134. The number of unbranched alkanes of at least 4 members (excludes halogenated alkanes) is 9. The first-order valence-corrected chi connectivity index (χ1v) is 15.4. The van der Waals surface area contributed by atoms with Crippen molar-refractivity contribution in [2.24, 2.45) is 0 Å². The smallest absolute Gasteiger partial charge is 0.200 e. The van der Waals surface area contributed by atoms with E-state index in [0.717, 1.165) is 45.7 Å². The van der Waals surface area contributed by atoms with Crippen LogP contribution in [-0.4, -0.2) is 19.6 Å². The van der Waals surface area contributed by atoms with Gasteiger partial charge >= 0.3 is 0 Å². The van der Waals surface area contributed by atoms with Crippen molar-refractivity contribution in [3.05, 3.63) is 44.6 Å². The third-order valence-electron chi connectivity index (χ3n) is 5.73. The van der Waals surface area contributed by atoms with Crippen LogP contribution in [0.15, 0.2) is 35.0 Å². The van der Waals surface area contributed by atoms with Crippen molar-refractivity contribution < 1.29 is 0 Å². The first kappa shape index (κ1) is 28.2. The predicted octanol–water partition coefficient (Wildman–Crippen LogP) is 7.80. The Hall–Kier alpha value is -1.40. The van der Waals surface area contributed by atoms with E-state index >= 15 is 0 Å². The molecule has 0 amide bonds. The Morgan fingerprint density at radius 3 is 1.31 bits per heavy atom. The van der Waals surface area contributed by atoms with Crippen molar-refractivity contribution in [3.63, 3.8) is 0 Å². The van der Waals surface area contributed by atoms with E-state index in [2.05, 4.69) is 33.1 Å². The van der Waals surface area contributed by atoms with Gasteiger partial charge in [-0.05, 0) is 35.7 Å². The Labute approximate surface area is 233 Å². The Morgan fingerprint density at radius 1 is 0.600 bits per heavy atom. The minimum absolute atomic E-state index is 0. The van der Waals surface area contributed by atoms with E-state index in [1.165, 1.54) is 74.0 Å². The van der Waals surface area contributed by atoms with E-state index in [0.29, 0.717) is 9.60 Å². The summed E-state index contributed by atoms with van der Waals surface area (Å²) in [5.74, 6) is 0. The van der Waals surface area contributed by atoms with Crippen LogP contribution in [0.3, 0.4) is 0 Å². The molecule has 4 aromatic heterocycles. The van der Waals surface area contributed by atoms with E-state index in [1.807, 2.05) is 21.5 Å². The van der Waals surface area contributed by atoms with Gasteiger partial charge in [-0.15, -0.1) is 39.7 Å². The summed E-state index contributed by atoms with van der Waals surface area (Å²) in [6, 6.07) is 8.21. The van der Waals surface area contributed by atoms with Crippen molar-refractivity contribution >= 4 is 62.3 Å². The zero-order chi connectivity index (χ0) is 23.6. The summed E-state index contributed by atoms with van der Waals surface area (Å²) in [6.45, 7) is 1.71. The van der Waals surface area contributed by atoms with Gasteiger partial charge in [0.15, 0.2) is 10.0 Å². The molecule has 0 radical (unpaired) electrons. The Balaban J connectivity index is 0.00000342. The standard InChI is InChI=1S/C24H32N6S4.BrH/c25-23-29(27-21(33-23)19-13-11-17-31-19)15-9-7-5-3-1-2-4-6-8-10-16-30-24(26)34-22(28-30)20-14-12-18-32-20;/h11-14,17-18,25-26H,1-10,15-16H2;1H. The molecule has 0 spiro atoms. The van der Waals surface area contributed by atoms with Crippen LogP contribution in [0.4, 0.5) is 0 Å². The molecular formula is C24H33BrN6S4. The predicted molar refractivity (Wildman–Crippen MR) is 155 cm³/mol. The molecule has 0 aliphatic heterocycles. The summed E-state index contributed by atoms with van der Waals surface area (Å²) >= 11 is 6.31. The van der Waals surface area contributed by atoms with E-state index in [1.54, 1.807) is 22.7 Å². The molecule has 190 valence electrons. The van der Waals surface area contributed by atoms with Crippen LogP contribution in [0.2, 0.25) is 0 Å². The average Bonchev–Trinajstić information content (AvgIpc) is 3.63. The largest absolute Gasteiger partial charge is 0.274 e. The van der Waals surface area contributed by atoms with Crippen molar-refractivity contribution in [2.75, 3.05) is 0 Å². The minimum Gasteiger partial charge on any atom is -0.274 e. The summed E-state index contributed by atoms with van der Waals surface area (Å²) < 4.78 is 3.71. The molecule has 4 aromatic rings. The number of nitrogens with one attached hydrogen (secondary N) is 2. The maximum Gasteiger partial charge on any atom is 0.200 e. The Morgan fingerprint density at radius 2 is 0.971 bits per heavy atom. The maximum absolute atomic E-state index is 8.14. The molecule has 0 fully saturated rings. The van der Waals surface area contributed by atoms with Gasteiger partial charge in [0, 0.05) is 13.1 Å². The van der Waals surface area contributed by atoms with Crippen molar-refractivity contribution in [3.8, 4) is 19.8 Å². The highest BCUT2D eigenvalue weighted by Crippen LogP contribution is 2.25. The van der Waals surface area contributed by atoms with Gasteiger partial charge < -0.3 is 0 Å². The number of nitrogens with zero attached hydrogens (tertiary/aromatic N) is 4. The number of rotatable bonds is 15. The average molecular weight is 614 g/mol. The van der Waals surface area contributed by atoms with Crippen LogP contribution in [-0.2, 0) is 13.1 Å². The van der Waals surface area contributed by atoms with Crippen molar-refractivity contribution in [2.45, 2.75) is 77.3 Å². The molecule has 0 saturated carbocycles. The molecule has 0 aliphatic carbocycles. The lowest BCUT2D eigenvalue weighted by Crippen LogP contribution is -2.14. The second-order valence-corrected chi connectivity index (χ2v) is 12.2. The molecule has 4 heterocycles. The van der Waals surface area contributed by atoms with E-state index in [-0.39, 0.29) is 17.0 Å². The first-order chi connectivity index (χ1) is 16.7. The highest BCUT2D eigenvalue weighted by Gasteiger charge is 2.08. The van der Waals surface area contributed by atoms with Crippen molar-refractivity contribution in [1.82, 2.24) is 19.6 Å². The van der Waals surface area contributed by atoms with Gasteiger partial charge in [-0.25, -0.2) is 9.36 Å². The highest BCUT2D eigenvalue weighted by atomic mass is 79.9. The number of aryl methyl sites for hydroxylation is 2. The molecular weight excluding hydrogens is 580 g/mol. The minimum atomic E-state index is 0. The molecule has 35 heavy (non-hydrogen) atoms. The lowest BCUT2D eigenvalue weighted by molar-refractivity contribution is 0.494. The fraction of sp³-hybridized carbons (Fsp3) is 0.500. The normalized spacial score (nSPS) is 11.1. The second kappa shape index (κ2) is 15.0. The Bertz CT molecular complexity index is 1120. The monoisotopic (exact) mass is 612 g/mol. The molecule has 2 N–H and O–H groups in total. The SMILES string of the molecule is Br.N=c1sc(-c2cccs2)nn1CCCCCCCCCCCCn1nc(-c2cccs2)sc1=N. The first-order valence-electron chi connectivity index (χ1n) is 12.0. The zero-order valence-electron chi connectivity index (χ0n) is 19.8. The summed E-state index contributed by atoms with van der Waals surface area (Å²) in [6.07, 6.45) is 12.4. The van der Waals surface area contributed by atoms with Crippen LogP contribution < -0.4 is 9.60 Å². The van der Waals surface area contributed by atoms with E-state index in [9.17, 15) is 0 Å². The van der Waals surface area contributed by atoms with Crippen LogP contribution in [0.5, 0.6) is 0 Å². The van der Waals surface area contributed by atoms with Gasteiger partial charge in [-0.2, -0.15) is 10.2 Å². The van der Waals surface area contributed by atoms with E-state index in [4.69, 9.17) is 10.8 Å². The lowest BCUT2D eigenvalue weighted by Gasteiger charge is -2.04. The van der Waals surface area contributed by atoms with E-state index < -0.39 is 0 Å². The number of hydrogen-bond acceptors (Lipinski definition) is 8.